The third-order valence-electron chi connectivity index (χ3n) is 5.94. The van der Waals surface area contributed by atoms with Gasteiger partial charge in [0.25, 0.3) is 0 Å². The number of benzene rings is 1. The minimum Gasteiger partial charge on any atom is -0.352 e. The first-order chi connectivity index (χ1) is 14.5. The van der Waals surface area contributed by atoms with Gasteiger partial charge in [0.15, 0.2) is 5.65 Å². The second-order valence-electron chi connectivity index (χ2n) is 7.93. The molecule has 8 nitrogen and oxygen atoms in total. The van der Waals surface area contributed by atoms with Gasteiger partial charge in [-0.1, -0.05) is 18.2 Å². The van der Waals surface area contributed by atoms with Crippen molar-refractivity contribution in [3.8, 4) is 0 Å². The Morgan fingerprint density at radius 3 is 2.60 bits per heavy atom. The van der Waals surface area contributed by atoms with Gasteiger partial charge in [0, 0.05) is 57.4 Å². The van der Waals surface area contributed by atoms with Gasteiger partial charge >= 0.3 is 0 Å². The van der Waals surface area contributed by atoms with E-state index in [1.807, 2.05) is 44.2 Å². The highest BCUT2D eigenvalue weighted by atomic mass is 16.2. The van der Waals surface area contributed by atoms with Crippen molar-refractivity contribution in [3.63, 3.8) is 0 Å². The summed E-state index contributed by atoms with van der Waals surface area (Å²) in [5.41, 5.74) is 3.08. The Hall–Kier alpha value is -3.42. The Kier molecular flexibility index (Phi) is 4.42. The largest absolute Gasteiger partial charge is 0.352 e. The Morgan fingerprint density at radius 1 is 1.03 bits per heavy atom. The molecule has 0 unspecified atom stereocenters. The van der Waals surface area contributed by atoms with Crippen molar-refractivity contribution >= 4 is 33.7 Å². The minimum absolute atomic E-state index is 0.177. The Labute approximate surface area is 174 Å². The first-order valence-electron chi connectivity index (χ1n) is 10.2. The number of carbonyl (C=O) groups excluding carboxylic acids is 1. The molecule has 154 valence electrons. The van der Waals surface area contributed by atoms with Crippen molar-refractivity contribution in [2.45, 2.75) is 13.3 Å². The summed E-state index contributed by atoms with van der Waals surface area (Å²) in [6.45, 7) is 4.78. The van der Waals surface area contributed by atoms with Gasteiger partial charge in [-0.15, -0.1) is 0 Å². The van der Waals surface area contributed by atoms with Crippen LogP contribution in [-0.4, -0.2) is 61.3 Å². The van der Waals surface area contributed by atoms with E-state index in [2.05, 4.69) is 42.9 Å². The fourth-order valence-corrected chi connectivity index (χ4v) is 4.36. The van der Waals surface area contributed by atoms with Crippen LogP contribution in [0.3, 0.4) is 0 Å². The molecular weight excluding hydrogens is 378 g/mol. The maximum Gasteiger partial charge on any atom is 0.227 e. The fourth-order valence-electron chi connectivity index (χ4n) is 4.36. The number of aryl methyl sites for hydroxylation is 3. The van der Waals surface area contributed by atoms with Crippen molar-refractivity contribution in [1.82, 2.24) is 29.2 Å². The summed E-state index contributed by atoms with van der Waals surface area (Å²) in [5, 5.41) is 6.44. The van der Waals surface area contributed by atoms with E-state index in [1.54, 1.807) is 4.68 Å². The molecule has 4 heterocycles. The average Bonchev–Trinajstić information content (AvgIpc) is 3.28. The number of amides is 1. The van der Waals surface area contributed by atoms with Crippen LogP contribution < -0.4 is 4.90 Å². The topological polar surface area (TPSA) is 72.1 Å². The summed E-state index contributed by atoms with van der Waals surface area (Å²) < 4.78 is 3.87. The van der Waals surface area contributed by atoms with E-state index < -0.39 is 0 Å². The zero-order valence-corrected chi connectivity index (χ0v) is 17.5. The van der Waals surface area contributed by atoms with Crippen LogP contribution in [0.1, 0.15) is 11.4 Å². The predicted octanol–water partition coefficient (Wildman–Crippen LogP) is 2.05. The molecule has 1 aromatic carbocycles. The van der Waals surface area contributed by atoms with Crippen molar-refractivity contribution in [2.24, 2.45) is 14.1 Å². The molecule has 5 rings (SSSR count). The van der Waals surface area contributed by atoms with E-state index in [1.165, 1.54) is 0 Å². The maximum absolute atomic E-state index is 13.0. The lowest BCUT2D eigenvalue weighted by atomic mass is 10.1. The third-order valence-corrected chi connectivity index (χ3v) is 5.94. The lowest BCUT2D eigenvalue weighted by molar-refractivity contribution is -0.130. The number of hydrogen-bond donors (Lipinski definition) is 0. The highest BCUT2D eigenvalue weighted by Gasteiger charge is 2.25. The zero-order chi connectivity index (χ0) is 20.8. The van der Waals surface area contributed by atoms with Gasteiger partial charge in [0.05, 0.1) is 18.0 Å². The fraction of sp³-hybridized carbons (Fsp3) is 0.364. The van der Waals surface area contributed by atoms with Crippen molar-refractivity contribution in [3.05, 3.63) is 48.0 Å². The molecule has 0 N–H and O–H groups in total. The molecule has 1 aliphatic rings. The summed E-state index contributed by atoms with van der Waals surface area (Å²) >= 11 is 0. The number of rotatable bonds is 3. The third kappa shape index (κ3) is 3.08. The number of aromatic nitrogens is 5. The number of anilines is 1. The molecular formula is C22H25N7O. The van der Waals surface area contributed by atoms with Gasteiger partial charge in [-0.05, 0) is 18.6 Å². The standard InChI is InChI=1S/C22H25N7O/c1-15-24-21-18(13-23-27(21)3)22(25-15)29-10-8-28(9-11-29)20(30)12-16-14-26(2)19-7-5-4-6-17(16)19/h4-7,13-14H,8-12H2,1-3H3. The Bertz CT molecular complexity index is 1250. The second-order valence-corrected chi connectivity index (χ2v) is 7.93. The average molecular weight is 403 g/mol. The van der Waals surface area contributed by atoms with E-state index in [-0.39, 0.29) is 5.91 Å². The molecule has 0 spiro atoms. The van der Waals surface area contributed by atoms with E-state index in [4.69, 9.17) is 0 Å². The van der Waals surface area contributed by atoms with Crippen LogP contribution in [0.15, 0.2) is 36.7 Å². The molecule has 8 heteroatoms. The van der Waals surface area contributed by atoms with Crippen LogP contribution in [0, 0.1) is 6.92 Å². The van der Waals surface area contributed by atoms with Crippen LogP contribution >= 0.6 is 0 Å². The first-order valence-corrected chi connectivity index (χ1v) is 10.2. The molecule has 1 amide bonds. The van der Waals surface area contributed by atoms with Gasteiger partial charge < -0.3 is 14.4 Å². The molecule has 1 fully saturated rings. The van der Waals surface area contributed by atoms with E-state index in [0.29, 0.717) is 19.5 Å². The SMILES string of the molecule is Cc1nc(N2CCN(C(=O)Cc3cn(C)c4ccccc34)CC2)c2cnn(C)c2n1. The summed E-state index contributed by atoms with van der Waals surface area (Å²) in [6, 6.07) is 8.23. The van der Waals surface area contributed by atoms with E-state index in [0.717, 1.165) is 52.2 Å². The molecule has 0 atom stereocenters. The molecule has 1 aliphatic heterocycles. The number of fused-ring (bicyclic) bond motifs is 2. The molecule has 0 bridgehead atoms. The highest BCUT2D eigenvalue weighted by molar-refractivity contribution is 5.90. The lowest BCUT2D eigenvalue weighted by Gasteiger charge is -2.35. The molecule has 4 aromatic rings. The van der Waals surface area contributed by atoms with Gasteiger partial charge in [-0.3, -0.25) is 9.48 Å². The zero-order valence-electron chi connectivity index (χ0n) is 17.5. The van der Waals surface area contributed by atoms with Crippen molar-refractivity contribution in [1.29, 1.82) is 0 Å². The van der Waals surface area contributed by atoms with E-state index in [9.17, 15) is 4.79 Å². The van der Waals surface area contributed by atoms with E-state index >= 15 is 0 Å². The highest BCUT2D eigenvalue weighted by Crippen LogP contribution is 2.25. The quantitative estimate of drug-likeness (QED) is 0.524. The molecule has 1 saturated heterocycles. The number of piperazine rings is 1. The van der Waals surface area contributed by atoms with Crippen LogP contribution in [-0.2, 0) is 25.3 Å². The van der Waals surface area contributed by atoms with Crippen LogP contribution in [0.2, 0.25) is 0 Å². The predicted molar refractivity (Wildman–Crippen MR) is 116 cm³/mol. The molecule has 30 heavy (non-hydrogen) atoms. The summed E-state index contributed by atoms with van der Waals surface area (Å²) in [4.78, 5) is 26.4. The normalized spacial score (nSPS) is 14.8. The number of nitrogens with zero attached hydrogens (tertiary/aromatic N) is 7. The van der Waals surface area contributed by atoms with Gasteiger partial charge in [-0.2, -0.15) is 5.10 Å². The number of para-hydroxylation sites is 1. The van der Waals surface area contributed by atoms with Crippen molar-refractivity contribution in [2.75, 3.05) is 31.1 Å². The number of carbonyl (C=O) groups is 1. The van der Waals surface area contributed by atoms with Gasteiger partial charge in [-0.25, -0.2) is 9.97 Å². The monoisotopic (exact) mass is 403 g/mol. The minimum atomic E-state index is 0.177. The smallest absolute Gasteiger partial charge is 0.227 e. The van der Waals surface area contributed by atoms with Gasteiger partial charge in [0.2, 0.25) is 5.91 Å². The number of hydrogen-bond acceptors (Lipinski definition) is 5. The molecule has 0 saturated carbocycles. The second kappa shape index (κ2) is 7.12. The maximum atomic E-state index is 13.0. The van der Waals surface area contributed by atoms with Crippen LogP contribution in [0.25, 0.3) is 21.9 Å². The summed E-state index contributed by atoms with van der Waals surface area (Å²) in [6.07, 6.45) is 4.32. The summed E-state index contributed by atoms with van der Waals surface area (Å²) in [5.74, 6) is 1.82. The van der Waals surface area contributed by atoms with Crippen molar-refractivity contribution < 1.29 is 4.79 Å². The molecule has 3 aromatic heterocycles. The molecule has 0 radical (unpaired) electrons. The molecule has 0 aliphatic carbocycles. The Morgan fingerprint density at radius 2 is 1.80 bits per heavy atom. The van der Waals surface area contributed by atoms with Gasteiger partial charge in [0.1, 0.15) is 11.6 Å². The summed E-state index contributed by atoms with van der Waals surface area (Å²) in [7, 11) is 3.92. The van der Waals surface area contributed by atoms with Crippen LogP contribution in [0.4, 0.5) is 5.82 Å². The lowest BCUT2D eigenvalue weighted by Crippen LogP contribution is -2.49. The Balaban J connectivity index is 1.31. The van der Waals surface area contributed by atoms with Crippen LogP contribution in [0.5, 0.6) is 0 Å². The first kappa shape index (κ1) is 18.6.